The van der Waals surface area contributed by atoms with Crippen molar-refractivity contribution in [2.24, 2.45) is 0 Å². The van der Waals surface area contributed by atoms with Crippen LogP contribution in [0.2, 0.25) is 0 Å². The number of hydrogen-bond acceptors (Lipinski definition) is 2. The Balaban J connectivity index is 2.37. The summed E-state index contributed by atoms with van der Waals surface area (Å²) in [7, 11) is 0. The fourth-order valence-corrected chi connectivity index (χ4v) is 2.11. The molecular formula is C12H20N2O. The average Bonchev–Trinajstić information content (AvgIpc) is 2.59. The van der Waals surface area contributed by atoms with Gasteiger partial charge in [0.2, 0.25) is 0 Å². The van der Waals surface area contributed by atoms with Crippen molar-refractivity contribution in [3.8, 4) is 0 Å². The van der Waals surface area contributed by atoms with E-state index in [-0.39, 0.29) is 17.9 Å². The smallest absolute Gasteiger partial charge is 0.114 e. The first kappa shape index (κ1) is 10.7. The van der Waals surface area contributed by atoms with Crippen LogP contribution in [0.1, 0.15) is 51.0 Å². The number of fused-ring (bicyclic) bond motifs is 1. The third-order valence-corrected chi connectivity index (χ3v) is 3.11. The first-order chi connectivity index (χ1) is 7.02. The Labute approximate surface area is 91.1 Å². The zero-order chi connectivity index (χ0) is 11.1. The van der Waals surface area contributed by atoms with E-state index >= 15 is 0 Å². The average molecular weight is 208 g/mol. The number of rotatable bonds is 1. The molecule has 1 atom stereocenters. The Morgan fingerprint density at radius 3 is 2.87 bits per heavy atom. The molecule has 0 unspecified atom stereocenters. The number of aromatic nitrogens is 2. The van der Waals surface area contributed by atoms with Crippen LogP contribution in [0.3, 0.4) is 0 Å². The van der Waals surface area contributed by atoms with Gasteiger partial charge in [0.15, 0.2) is 0 Å². The lowest BCUT2D eigenvalue weighted by molar-refractivity contribution is 0.238. The SMILES string of the molecule is CC(C)(C)c1cn2c(n1)[C@@H](CO)CCC2. The Morgan fingerprint density at radius 2 is 2.27 bits per heavy atom. The van der Waals surface area contributed by atoms with E-state index in [1.54, 1.807) is 0 Å². The molecule has 1 aliphatic heterocycles. The van der Waals surface area contributed by atoms with Gasteiger partial charge < -0.3 is 9.67 Å². The minimum atomic E-state index is 0.102. The molecule has 3 heteroatoms. The normalized spacial score (nSPS) is 21.5. The van der Waals surface area contributed by atoms with Crippen molar-refractivity contribution in [3.63, 3.8) is 0 Å². The maximum Gasteiger partial charge on any atom is 0.114 e. The maximum absolute atomic E-state index is 9.30. The molecule has 1 aromatic rings. The van der Waals surface area contributed by atoms with Crippen LogP contribution >= 0.6 is 0 Å². The molecule has 0 fully saturated rings. The van der Waals surface area contributed by atoms with Gasteiger partial charge in [-0.25, -0.2) is 4.98 Å². The molecule has 0 spiro atoms. The summed E-state index contributed by atoms with van der Waals surface area (Å²) in [6.45, 7) is 7.80. The molecule has 0 bridgehead atoms. The number of aliphatic hydroxyl groups excluding tert-OH is 1. The standard InChI is InChI=1S/C12H20N2O/c1-12(2,3)10-7-14-6-4-5-9(8-15)11(14)13-10/h7,9,15H,4-6,8H2,1-3H3/t9-/m1/s1. The van der Waals surface area contributed by atoms with Crippen LogP contribution in [0.25, 0.3) is 0 Å². The van der Waals surface area contributed by atoms with E-state index in [4.69, 9.17) is 0 Å². The molecule has 0 aliphatic carbocycles. The summed E-state index contributed by atoms with van der Waals surface area (Å²) in [5.41, 5.74) is 1.24. The van der Waals surface area contributed by atoms with Crippen LogP contribution in [0, 0.1) is 0 Å². The molecule has 0 radical (unpaired) electrons. The zero-order valence-corrected chi connectivity index (χ0v) is 9.82. The lowest BCUT2D eigenvalue weighted by atomic mass is 9.93. The van der Waals surface area contributed by atoms with Gasteiger partial charge in [0.1, 0.15) is 5.82 Å². The Hall–Kier alpha value is -0.830. The highest BCUT2D eigenvalue weighted by Crippen LogP contribution is 2.29. The first-order valence-corrected chi connectivity index (χ1v) is 5.71. The van der Waals surface area contributed by atoms with Crippen molar-refractivity contribution in [2.45, 2.75) is 51.5 Å². The van der Waals surface area contributed by atoms with Crippen molar-refractivity contribution in [3.05, 3.63) is 17.7 Å². The highest BCUT2D eigenvalue weighted by molar-refractivity contribution is 5.16. The monoisotopic (exact) mass is 208 g/mol. The van der Waals surface area contributed by atoms with E-state index in [1.807, 2.05) is 0 Å². The summed E-state index contributed by atoms with van der Waals surface area (Å²) in [5.74, 6) is 1.32. The van der Waals surface area contributed by atoms with Crippen molar-refractivity contribution < 1.29 is 5.11 Å². The Morgan fingerprint density at radius 1 is 1.53 bits per heavy atom. The topological polar surface area (TPSA) is 38.0 Å². The molecule has 15 heavy (non-hydrogen) atoms. The van der Waals surface area contributed by atoms with Gasteiger partial charge in [-0.1, -0.05) is 20.8 Å². The van der Waals surface area contributed by atoms with Crippen molar-refractivity contribution in [1.82, 2.24) is 9.55 Å². The molecule has 1 N–H and O–H groups in total. The van der Waals surface area contributed by atoms with Gasteiger partial charge in [-0.3, -0.25) is 0 Å². The number of aliphatic hydroxyl groups is 1. The predicted molar refractivity (Wildman–Crippen MR) is 60.0 cm³/mol. The van der Waals surface area contributed by atoms with Crippen LogP contribution in [0.5, 0.6) is 0 Å². The highest BCUT2D eigenvalue weighted by atomic mass is 16.3. The van der Waals surface area contributed by atoms with Gasteiger partial charge in [0.05, 0.1) is 12.3 Å². The van der Waals surface area contributed by atoms with Crippen molar-refractivity contribution in [1.29, 1.82) is 0 Å². The maximum atomic E-state index is 9.30. The summed E-state index contributed by atoms with van der Waals surface area (Å²) >= 11 is 0. The van der Waals surface area contributed by atoms with Gasteiger partial charge in [0.25, 0.3) is 0 Å². The van der Waals surface area contributed by atoms with E-state index in [1.165, 1.54) is 0 Å². The molecule has 2 rings (SSSR count). The third kappa shape index (κ3) is 1.93. The quantitative estimate of drug-likeness (QED) is 0.767. The van der Waals surface area contributed by atoms with Crippen LogP contribution < -0.4 is 0 Å². The molecular weight excluding hydrogens is 188 g/mol. The second-order valence-corrected chi connectivity index (χ2v) is 5.45. The second-order valence-electron chi connectivity index (χ2n) is 5.45. The van der Waals surface area contributed by atoms with Crippen LogP contribution in [0.15, 0.2) is 6.20 Å². The Bertz CT molecular complexity index is 349. The fraction of sp³-hybridized carbons (Fsp3) is 0.750. The number of nitrogens with zero attached hydrogens (tertiary/aromatic N) is 2. The molecule has 84 valence electrons. The predicted octanol–water partition coefficient (Wildman–Crippen LogP) is 2.05. The minimum Gasteiger partial charge on any atom is -0.396 e. The molecule has 2 heterocycles. The van der Waals surface area contributed by atoms with Gasteiger partial charge in [0, 0.05) is 24.1 Å². The highest BCUT2D eigenvalue weighted by Gasteiger charge is 2.26. The van der Waals surface area contributed by atoms with Crippen molar-refractivity contribution >= 4 is 0 Å². The van der Waals surface area contributed by atoms with Gasteiger partial charge in [-0.05, 0) is 12.8 Å². The molecule has 1 aromatic heterocycles. The summed E-state index contributed by atoms with van der Waals surface area (Å²) in [6, 6.07) is 0. The van der Waals surface area contributed by atoms with E-state index in [0.717, 1.165) is 30.9 Å². The van der Waals surface area contributed by atoms with E-state index < -0.39 is 0 Å². The largest absolute Gasteiger partial charge is 0.396 e. The lowest BCUT2D eigenvalue weighted by Crippen LogP contribution is -2.18. The van der Waals surface area contributed by atoms with E-state index in [2.05, 4.69) is 36.5 Å². The number of imidazole rings is 1. The first-order valence-electron chi connectivity index (χ1n) is 5.71. The minimum absolute atomic E-state index is 0.102. The van der Waals surface area contributed by atoms with E-state index in [0.29, 0.717) is 0 Å². The van der Waals surface area contributed by atoms with Crippen molar-refractivity contribution in [2.75, 3.05) is 6.61 Å². The lowest BCUT2D eigenvalue weighted by Gasteiger charge is -2.21. The molecule has 0 amide bonds. The van der Waals surface area contributed by atoms with Gasteiger partial charge in [-0.15, -0.1) is 0 Å². The summed E-state index contributed by atoms with van der Waals surface area (Å²) < 4.78 is 2.21. The molecule has 0 saturated carbocycles. The van der Waals surface area contributed by atoms with Crippen LogP contribution in [-0.4, -0.2) is 21.3 Å². The second kappa shape index (κ2) is 3.63. The summed E-state index contributed by atoms with van der Waals surface area (Å²) in [6.07, 6.45) is 4.37. The summed E-state index contributed by atoms with van der Waals surface area (Å²) in [5, 5.41) is 9.30. The molecule has 0 aromatic carbocycles. The number of aryl methyl sites for hydroxylation is 1. The Kier molecular flexibility index (Phi) is 2.59. The summed E-state index contributed by atoms with van der Waals surface area (Å²) in [4.78, 5) is 4.68. The molecule has 0 saturated heterocycles. The zero-order valence-electron chi connectivity index (χ0n) is 9.82. The van der Waals surface area contributed by atoms with Crippen LogP contribution in [0.4, 0.5) is 0 Å². The number of hydrogen-bond donors (Lipinski definition) is 1. The molecule has 3 nitrogen and oxygen atoms in total. The fourth-order valence-electron chi connectivity index (χ4n) is 2.11. The van der Waals surface area contributed by atoms with Crippen LogP contribution in [-0.2, 0) is 12.0 Å². The molecule has 1 aliphatic rings. The van der Waals surface area contributed by atoms with Gasteiger partial charge >= 0.3 is 0 Å². The van der Waals surface area contributed by atoms with Gasteiger partial charge in [-0.2, -0.15) is 0 Å². The third-order valence-electron chi connectivity index (χ3n) is 3.11. The van der Waals surface area contributed by atoms with E-state index in [9.17, 15) is 5.11 Å².